The summed E-state index contributed by atoms with van der Waals surface area (Å²) in [7, 11) is 0. The van der Waals surface area contributed by atoms with Crippen LogP contribution in [0.2, 0.25) is 0 Å². The van der Waals surface area contributed by atoms with E-state index in [0.717, 1.165) is 38.7 Å². The maximum Gasteiger partial charge on any atom is 0.124 e. The second-order valence-corrected chi connectivity index (χ2v) is 17.3. The normalized spacial score (nSPS) is 13.0. The van der Waals surface area contributed by atoms with Gasteiger partial charge < -0.3 is 9.47 Å². The first-order valence-electron chi connectivity index (χ1n) is 20.6. The van der Waals surface area contributed by atoms with Gasteiger partial charge in [0, 0.05) is 44.1 Å². The summed E-state index contributed by atoms with van der Waals surface area (Å²) in [5.41, 5.74) is 16.5. The molecule has 0 saturated carbocycles. The Kier molecular flexibility index (Phi) is 7.75. The third kappa shape index (κ3) is 5.17. The van der Waals surface area contributed by atoms with Gasteiger partial charge >= 0.3 is 0 Å². The number of fused-ring (bicyclic) bond motifs is 9. The molecule has 0 spiro atoms. The van der Waals surface area contributed by atoms with Crippen LogP contribution in [0.3, 0.4) is 0 Å². The molecule has 0 fully saturated rings. The summed E-state index contributed by atoms with van der Waals surface area (Å²) in [5.74, 6) is 0. The average Bonchev–Trinajstić information content (AvgIpc) is 3.96. The van der Waals surface area contributed by atoms with Crippen molar-refractivity contribution in [1.29, 1.82) is 0 Å². The Hall–Kier alpha value is -7.27. The van der Waals surface area contributed by atoms with Gasteiger partial charge in [-0.05, 0) is 81.7 Å². The van der Waals surface area contributed by atoms with E-state index in [1.54, 1.807) is 11.3 Å². The first-order valence-corrected chi connectivity index (χ1v) is 21.5. The fraction of sp³-hybridized carbons (Fsp3) is 0.0536. The van der Waals surface area contributed by atoms with Gasteiger partial charge in [0.2, 0.25) is 0 Å². The molecule has 1 aliphatic carbocycles. The standard InChI is InChI=1S/C56H39N3S/c1-56(2)46-30-13-11-24-41(46)44-29-17-33-49(53(44)56)59(39-23-15-20-37(34-39)40-28-16-31-47-54(40)60-55(57-47)36-18-5-3-6-19-36)50-35-51-52(43-26-10-9-25-42(43)50)45-27-12-14-32-48(45)58(51)38-21-7-4-8-22-38/h3-35H,1-2H3. The largest absolute Gasteiger partial charge is 0.309 e. The maximum absolute atomic E-state index is 5.12. The number of hydrogen-bond donors (Lipinski definition) is 0. The van der Waals surface area contributed by atoms with Gasteiger partial charge in [-0.1, -0.05) is 166 Å². The van der Waals surface area contributed by atoms with Gasteiger partial charge in [0.1, 0.15) is 5.01 Å². The number of anilines is 3. The van der Waals surface area contributed by atoms with Gasteiger partial charge in [0.05, 0.1) is 32.6 Å². The molecule has 0 saturated heterocycles. The molecule has 1 aliphatic rings. The predicted molar refractivity (Wildman–Crippen MR) is 255 cm³/mol. The summed E-state index contributed by atoms with van der Waals surface area (Å²) in [6.45, 7) is 4.78. The summed E-state index contributed by atoms with van der Waals surface area (Å²) in [6, 6.07) is 73.1. The molecule has 0 amide bonds. The highest BCUT2D eigenvalue weighted by molar-refractivity contribution is 7.22. The number of benzene rings is 9. The molecule has 0 aliphatic heterocycles. The van der Waals surface area contributed by atoms with E-state index in [9.17, 15) is 0 Å². The van der Waals surface area contributed by atoms with E-state index < -0.39 is 0 Å². The molecule has 0 radical (unpaired) electrons. The molecule has 60 heavy (non-hydrogen) atoms. The van der Waals surface area contributed by atoms with Gasteiger partial charge in [-0.15, -0.1) is 11.3 Å². The van der Waals surface area contributed by atoms with Crippen LogP contribution in [0.25, 0.3) is 81.3 Å². The smallest absolute Gasteiger partial charge is 0.124 e. The second-order valence-electron chi connectivity index (χ2n) is 16.3. The number of para-hydroxylation sites is 2. The fourth-order valence-corrected chi connectivity index (χ4v) is 11.1. The lowest BCUT2D eigenvalue weighted by Gasteiger charge is -2.33. The minimum Gasteiger partial charge on any atom is -0.309 e. The lowest BCUT2D eigenvalue weighted by molar-refractivity contribution is 0.661. The van der Waals surface area contributed by atoms with E-state index >= 15 is 0 Å². The Balaban J connectivity index is 1.16. The van der Waals surface area contributed by atoms with Gasteiger partial charge in [-0.2, -0.15) is 0 Å². The van der Waals surface area contributed by atoms with E-state index in [4.69, 9.17) is 4.98 Å². The third-order valence-electron chi connectivity index (χ3n) is 12.6. The van der Waals surface area contributed by atoms with Crippen LogP contribution in [-0.4, -0.2) is 9.55 Å². The van der Waals surface area contributed by atoms with Crippen LogP contribution in [0.5, 0.6) is 0 Å². The molecular formula is C56H39N3S. The summed E-state index contributed by atoms with van der Waals surface area (Å²) in [4.78, 5) is 7.67. The summed E-state index contributed by atoms with van der Waals surface area (Å²) in [5, 5.41) is 5.98. The van der Waals surface area contributed by atoms with Crippen LogP contribution in [-0.2, 0) is 5.41 Å². The van der Waals surface area contributed by atoms with Crippen molar-refractivity contribution >= 4 is 71.2 Å². The molecule has 0 unspecified atom stereocenters. The van der Waals surface area contributed by atoms with Crippen LogP contribution in [0, 0.1) is 0 Å². The van der Waals surface area contributed by atoms with Crippen LogP contribution in [0.4, 0.5) is 17.1 Å². The average molecular weight is 786 g/mol. The van der Waals surface area contributed by atoms with Crippen LogP contribution in [0.1, 0.15) is 25.0 Å². The zero-order chi connectivity index (χ0) is 40.0. The van der Waals surface area contributed by atoms with E-state index in [-0.39, 0.29) is 5.41 Å². The highest BCUT2D eigenvalue weighted by atomic mass is 32.1. The molecule has 2 heterocycles. The lowest BCUT2D eigenvalue weighted by Crippen LogP contribution is -2.21. The van der Waals surface area contributed by atoms with Gasteiger partial charge in [0.25, 0.3) is 0 Å². The Morgan fingerprint density at radius 3 is 2.00 bits per heavy atom. The molecule has 11 aromatic rings. The summed E-state index contributed by atoms with van der Waals surface area (Å²) in [6.07, 6.45) is 0. The topological polar surface area (TPSA) is 21.1 Å². The number of rotatable bonds is 6. The third-order valence-corrected chi connectivity index (χ3v) is 13.7. The zero-order valence-corrected chi connectivity index (χ0v) is 34.1. The highest BCUT2D eigenvalue weighted by Gasteiger charge is 2.39. The molecule has 0 N–H and O–H groups in total. The molecule has 0 bridgehead atoms. The second kappa shape index (κ2) is 13.4. The zero-order valence-electron chi connectivity index (χ0n) is 33.3. The molecule has 12 rings (SSSR count). The monoisotopic (exact) mass is 785 g/mol. The molecule has 0 atom stereocenters. The van der Waals surface area contributed by atoms with Crippen LogP contribution < -0.4 is 4.90 Å². The van der Waals surface area contributed by atoms with Crippen molar-refractivity contribution in [3.05, 3.63) is 211 Å². The number of nitrogens with zero attached hydrogens (tertiary/aromatic N) is 3. The SMILES string of the molecule is CC1(C)c2ccccc2-c2cccc(N(c3cccc(-c4cccc5nc(-c6ccccc6)sc45)c3)c3cc4c(c5ccccc35)c3ccccc3n4-c3ccccc3)c21. The van der Waals surface area contributed by atoms with Gasteiger partial charge in [0.15, 0.2) is 0 Å². The van der Waals surface area contributed by atoms with Crippen molar-refractivity contribution in [3.63, 3.8) is 0 Å². The number of thiazole rings is 1. The van der Waals surface area contributed by atoms with Crippen molar-refractivity contribution in [1.82, 2.24) is 9.55 Å². The van der Waals surface area contributed by atoms with Crippen molar-refractivity contribution in [2.45, 2.75) is 19.3 Å². The Morgan fingerprint density at radius 1 is 0.500 bits per heavy atom. The maximum atomic E-state index is 5.12. The van der Waals surface area contributed by atoms with Crippen LogP contribution >= 0.6 is 11.3 Å². The minimum atomic E-state index is -0.237. The quantitative estimate of drug-likeness (QED) is 0.167. The molecule has 284 valence electrons. The molecular weight excluding hydrogens is 747 g/mol. The van der Waals surface area contributed by atoms with Crippen LogP contribution in [0.15, 0.2) is 200 Å². The highest BCUT2D eigenvalue weighted by Crippen LogP contribution is 2.55. The summed E-state index contributed by atoms with van der Waals surface area (Å²) < 4.78 is 3.63. The van der Waals surface area contributed by atoms with Gasteiger partial charge in [-0.25, -0.2) is 4.98 Å². The predicted octanol–water partition coefficient (Wildman–Crippen LogP) is 15.7. The lowest BCUT2D eigenvalue weighted by atomic mass is 9.81. The van der Waals surface area contributed by atoms with Gasteiger partial charge in [-0.3, -0.25) is 0 Å². The molecule has 3 nitrogen and oxygen atoms in total. The fourth-order valence-electron chi connectivity index (χ4n) is 9.96. The Labute approximate surface area is 353 Å². The van der Waals surface area contributed by atoms with E-state index in [2.05, 4.69) is 224 Å². The minimum absolute atomic E-state index is 0.237. The molecule has 2 aromatic heterocycles. The molecule has 9 aromatic carbocycles. The van der Waals surface area contributed by atoms with Crippen molar-refractivity contribution in [2.24, 2.45) is 0 Å². The number of aromatic nitrogens is 2. The first kappa shape index (κ1) is 34.7. The Morgan fingerprint density at radius 2 is 1.15 bits per heavy atom. The van der Waals surface area contributed by atoms with Crippen molar-refractivity contribution in [2.75, 3.05) is 4.90 Å². The molecule has 4 heteroatoms. The van der Waals surface area contributed by atoms with E-state index in [0.29, 0.717) is 0 Å². The van der Waals surface area contributed by atoms with Crippen molar-refractivity contribution in [3.8, 4) is 38.5 Å². The Bertz CT molecular complexity index is 3470. The number of hydrogen-bond acceptors (Lipinski definition) is 3. The van der Waals surface area contributed by atoms with Crippen molar-refractivity contribution < 1.29 is 0 Å². The summed E-state index contributed by atoms with van der Waals surface area (Å²) >= 11 is 1.77. The first-order chi connectivity index (χ1) is 29.5. The van der Waals surface area contributed by atoms with E-state index in [1.807, 2.05) is 0 Å². The van der Waals surface area contributed by atoms with E-state index in [1.165, 1.54) is 70.8 Å².